The number of ether oxygens (including phenoxy) is 1. The maximum atomic E-state index is 10.8. The van der Waals surface area contributed by atoms with Crippen LogP contribution in [0.2, 0.25) is 0 Å². The number of hydrogen-bond donors (Lipinski definition) is 0. The topological polar surface area (TPSA) is 26.3 Å². The predicted molar refractivity (Wildman–Crippen MR) is 53.4 cm³/mol. The van der Waals surface area contributed by atoms with Crippen molar-refractivity contribution < 1.29 is 9.53 Å². The van der Waals surface area contributed by atoms with E-state index in [0.29, 0.717) is 13.0 Å². The fourth-order valence-electron chi connectivity index (χ4n) is 0.836. The van der Waals surface area contributed by atoms with Gasteiger partial charge in [-0.15, -0.1) is 0 Å². The van der Waals surface area contributed by atoms with E-state index in [2.05, 4.69) is 0 Å². The van der Waals surface area contributed by atoms with E-state index >= 15 is 0 Å². The lowest BCUT2D eigenvalue weighted by molar-refractivity contribution is -0.143. The van der Waals surface area contributed by atoms with Crippen LogP contribution in [0.3, 0.4) is 0 Å². The number of hydrogen-bond acceptors (Lipinski definition) is 3. The Bertz CT molecular complexity index is 120. The largest absolute Gasteiger partial charge is 0.466 e. The first kappa shape index (κ1) is 12.1. The van der Waals surface area contributed by atoms with Gasteiger partial charge in [0.05, 0.1) is 6.61 Å². The molecule has 0 rings (SSSR count). The van der Waals surface area contributed by atoms with Crippen molar-refractivity contribution in [1.82, 2.24) is 0 Å². The van der Waals surface area contributed by atoms with E-state index in [0.717, 1.165) is 25.0 Å². The van der Waals surface area contributed by atoms with Gasteiger partial charge in [0, 0.05) is 12.2 Å². The van der Waals surface area contributed by atoms with Crippen LogP contribution in [-0.4, -0.2) is 18.3 Å². The highest BCUT2D eigenvalue weighted by molar-refractivity contribution is 8.21. The average Bonchev–Trinajstić information content (AvgIpc) is 2.05. The minimum atomic E-state index is -0.0870. The monoisotopic (exact) mass is 210 g/mol. The Morgan fingerprint density at radius 3 is 2.75 bits per heavy atom. The minimum Gasteiger partial charge on any atom is -0.466 e. The molecule has 0 aromatic carbocycles. The summed E-state index contributed by atoms with van der Waals surface area (Å²) >= 11 is 0. The summed E-state index contributed by atoms with van der Waals surface area (Å²) in [6, 6.07) is 0. The minimum absolute atomic E-state index is 0.0870. The van der Waals surface area contributed by atoms with Crippen molar-refractivity contribution in [2.24, 2.45) is 0 Å². The molecule has 72 valence electrons. The quantitative estimate of drug-likeness (QED) is 0.478. The second kappa shape index (κ2) is 9.20. The first-order valence-electron chi connectivity index (χ1n) is 4.20. The fraction of sp³-hybridized carbons (Fsp3) is 0.875. The molecule has 0 saturated heterocycles. The van der Waals surface area contributed by atoms with E-state index in [1.54, 1.807) is 0 Å². The SMILES string of the molecule is CCOC(=O)CCCCCSCl. The van der Waals surface area contributed by atoms with E-state index < -0.39 is 0 Å². The van der Waals surface area contributed by atoms with Crippen molar-refractivity contribution in [1.29, 1.82) is 0 Å². The van der Waals surface area contributed by atoms with Crippen LogP contribution in [0, 0.1) is 0 Å². The van der Waals surface area contributed by atoms with Gasteiger partial charge in [-0.1, -0.05) is 17.4 Å². The molecule has 0 aliphatic heterocycles. The van der Waals surface area contributed by atoms with Crippen molar-refractivity contribution in [3.63, 3.8) is 0 Å². The van der Waals surface area contributed by atoms with Crippen LogP contribution in [0.15, 0.2) is 0 Å². The molecule has 0 unspecified atom stereocenters. The highest BCUT2D eigenvalue weighted by atomic mass is 35.7. The number of carbonyl (C=O) groups excluding carboxylic acids is 1. The van der Waals surface area contributed by atoms with Crippen LogP contribution in [0.25, 0.3) is 0 Å². The van der Waals surface area contributed by atoms with Gasteiger partial charge in [0.2, 0.25) is 0 Å². The zero-order valence-corrected chi connectivity index (χ0v) is 8.92. The zero-order valence-electron chi connectivity index (χ0n) is 7.35. The summed E-state index contributed by atoms with van der Waals surface area (Å²) in [6.45, 7) is 2.30. The van der Waals surface area contributed by atoms with E-state index in [-0.39, 0.29) is 5.97 Å². The Kier molecular flexibility index (Phi) is 9.28. The summed E-state index contributed by atoms with van der Waals surface area (Å²) in [5.41, 5.74) is 0. The van der Waals surface area contributed by atoms with Crippen molar-refractivity contribution in [2.45, 2.75) is 32.6 Å². The van der Waals surface area contributed by atoms with Crippen molar-refractivity contribution in [3.05, 3.63) is 0 Å². The zero-order chi connectivity index (χ0) is 9.23. The normalized spacial score (nSPS) is 9.83. The highest BCUT2D eigenvalue weighted by Crippen LogP contribution is 2.10. The molecule has 0 atom stereocenters. The summed E-state index contributed by atoms with van der Waals surface area (Å²) in [6.07, 6.45) is 3.59. The third-order valence-corrected chi connectivity index (χ3v) is 2.31. The van der Waals surface area contributed by atoms with Crippen molar-refractivity contribution in [3.8, 4) is 0 Å². The summed E-state index contributed by atoms with van der Waals surface area (Å²) < 4.78 is 4.78. The van der Waals surface area contributed by atoms with Crippen LogP contribution in [0.1, 0.15) is 32.6 Å². The molecule has 12 heavy (non-hydrogen) atoms. The second-order valence-electron chi connectivity index (χ2n) is 2.43. The van der Waals surface area contributed by atoms with E-state index in [1.807, 2.05) is 6.92 Å². The molecule has 0 aromatic heterocycles. The van der Waals surface area contributed by atoms with Crippen LogP contribution in [-0.2, 0) is 9.53 Å². The maximum Gasteiger partial charge on any atom is 0.305 e. The number of unbranched alkanes of at least 4 members (excludes halogenated alkanes) is 2. The van der Waals surface area contributed by atoms with Crippen LogP contribution in [0.5, 0.6) is 0 Å². The molecule has 0 N–H and O–H groups in total. The van der Waals surface area contributed by atoms with E-state index in [1.165, 1.54) is 11.0 Å². The molecule has 0 aliphatic carbocycles. The van der Waals surface area contributed by atoms with Gasteiger partial charge in [0.25, 0.3) is 0 Å². The number of carbonyl (C=O) groups is 1. The second-order valence-corrected chi connectivity index (χ2v) is 3.71. The lowest BCUT2D eigenvalue weighted by atomic mass is 10.2. The standard InChI is InChI=1S/C8H15ClO2S/c1-2-11-8(10)6-4-3-5-7-12-9/h2-7H2,1H3. The van der Waals surface area contributed by atoms with Gasteiger partial charge in [0.15, 0.2) is 0 Å². The lowest BCUT2D eigenvalue weighted by Crippen LogP contribution is -2.03. The van der Waals surface area contributed by atoms with Crippen LogP contribution >= 0.6 is 21.7 Å². The molecule has 0 radical (unpaired) electrons. The van der Waals surface area contributed by atoms with E-state index in [9.17, 15) is 4.79 Å². The van der Waals surface area contributed by atoms with E-state index in [4.69, 9.17) is 15.4 Å². The molecule has 4 heteroatoms. The number of esters is 1. The first-order chi connectivity index (χ1) is 5.81. The van der Waals surface area contributed by atoms with Gasteiger partial charge < -0.3 is 4.74 Å². The molecule has 0 amide bonds. The van der Waals surface area contributed by atoms with Crippen LogP contribution < -0.4 is 0 Å². The summed E-state index contributed by atoms with van der Waals surface area (Å²) in [4.78, 5) is 10.8. The Morgan fingerprint density at radius 1 is 1.42 bits per heavy atom. The first-order valence-corrected chi connectivity index (χ1v) is 6.01. The third kappa shape index (κ3) is 8.21. The molecule has 0 aromatic rings. The molecular weight excluding hydrogens is 196 g/mol. The molecule has 2 nitrogen and oxygen atoms in total. The molecule has 0 aliphatic rings. The molecule has 0 saturated carbocycles. The summed E-state index contributed by atoms with van der Waals surface area (Å²) in [5.74, 6) is 0.876. The Hall–Kier alpha value is 0.110. The smallest absolute Gasteiger partial charge is 0.305 e. The van der Waals surface area contributed by atoms with Gasteiger partial charge in [-0.2, -0.15) is 0 Å². The van der Waals surface area contributed by atoms with Crippen molar-refractivity contribution in [2.75, 3.05) is 12.4 Å². The van der Waals surface area contributed by atoms with Crippen molar-refractivity contribution >= 4 is 27.6 Å². The molecule has 0 spiro atoms. The molecule has 0 heterocycles. The highest BCUT2D eigenvalue weighted by Gasteiger charge is 1.99. The molecular formula is C8H15ClO2S. The van der Waals surface area contributed by atoms with Gasteiger partial charge in [0.1, 0.15) is 0 Å². The third-order valence-electron chi connectivity index (χ3n) is 1.41. The van der Waals surface area contributed by atoms with Gasteiger partial charge in [-0.3, -0.25) is 4.79 Å². The lowest BCUT2D eigenvalue weighted by Gasteiger charge is -2.00. The fourth-order valence-corrected chi connectivity index (χ4v) is 1.48. The van der Waals surface area contributed by atoms with Gasteiger partial charge >= 0.3 is 5.97 Å². The maximum absolute atomic E-state index is 10.8. The van der Waals surface area contributed by atoms with Gasteiger partial charge in [-0.05, 0) is 30.4 Å². The predicted octanol–water partition coefficient (Wildman–Crippen LogP) is 3.00. The van der Waals surface area contributed by atoms with Gasteiger partial charge in [-0.25, -0.2) is 0 Å². The number of halogens is 1. The Labute approximate surface area is 82.5 Å². The molecule has 0 fully saturated rings. The average molecular weight is 211 g/mol. The molecule has 0 bridgehead atoms. The van der Waals surface area contributed by atoms with Crippen LogP contribution in [0.4, 0.5) is 0 Å². The Balaban J connectivity index is 3.03. The number of rotatable bonds is 7. The summed E-state index contributed by atoms with van der Waals surface area (Å²) in [7, 11) is 6.74. The summed E-state index contributed by atoms with van der Waals surface area (Å²) in [5, 5.41) is 0. The Morgan fingerprint density at radius 2 is 2.17 bits per heavy atom.